The monoisotopic (exact) mass is 361 g/mol. The van der Waals surface area contributed by atoms with E-state index in [4.69, 9.17) is 0 Å². The lowest BCUT2D eigenvalue weighted by Gasteiger charge is -2.15. The second-order valence-corrected chi connectivity index (χ2v) is 7.37. The summed E-state index contributed by atoms with van der Waals surface area (Å²) in [4.78, 5) is 31.1. The average molecular weight is 361 g/mol. The van der Waals surface area contributed by atoms with E-state index in [1.54, 1.807) is 11.3 Å². The van der Waals surface area contributed by atoms with Gasteiger partial charge in [-0.15, -0.1) is 22.7 Å². The van der Waals surface area contributed by atoms with Gasteiger partial charge < -0.3 is 5.32 Å². The van der Waals surface area contributed by atoms with Gasteiger partial charge in [-0.05, 0) is 24.3 Å². The van der Waals surface area contributed by atoms with Crippen molar-refractivity contribution in [2.24, 2.45) is 0 Å². The van der Waals surface area contributed by atoms with Crippen LogP contribution in [0.2, 0.25) is 0 Å². The summed E-state index contributed by atoms with van der Waals surface area (Å²) in [5.74, 6) is -0.153. The molecule has 0 aliphatic carbocycles. The Labute approximate surface area is 148 Å². The van der Waals surface area contributed by atoms with Gasteiger partial charge in [-0.25, -0.2) is 4.98 Å². The molecule has 0 spiro atoms. The predicted molar refractivity (Wildman–Crippen MR) is 99.7 cm³/mol. The van der Waals surface area contributed by atoms with E-state index in [9.17, 15) is 9.59 Å². The lowest BCUT2D eigenvalue weighted by atomic mass is 10.2. The molecule has 126 valence electrons. The van der Waals surface area contributed by atoms with Crippen molar-refractivity contribution < 1.29 is 4.79 Å². The van der Waals surface area contributed by atoms with E-state index >= 15 is 0 Å². The molecule has 0 saturated heterocycles. The summed E-state index contributed by atoms with van der Waals surface area (Å²) in [5.41, 5.74) is 0.738. The smallest absolute Gasteiger partial charge is 0.263 e. The molecule has 3 aromatic heterocycles. The molecule has 0 aromatic carbocycles. The highest BCUT2D eigenvalue weighted by molar-refractivity contribution is 7.18. The number of carbonyl (C=O) groups is 1. The molecule has 24 heavy (non-hydrogen) atoms. The van der Waals surface area contributed by atoms with Gasteiger partial charge in [-0.1, -0.05) is 19.9 Å². The van der Waals surface area contributed by atoms with Crippen molar-refractivity contribution >= 4 is 38.8 Å². The maximum Gasteiger partial charge on any atom is 0.263 e. The van der Waals surface area contributed by atoms with Crippen molar-refractivity contribution in [3.63, 3.8) is 0 Å². The van der Waals surface area contributed by atoms with Gasteiger partial charge in [0.05, 0.1) is 11.7 Å². The summed E-state index contributed by atoms with van der Waals surface area (Å²) in [6, 6.07) is 4.09. The molecule has 0 saturated carbocycles. The van der Waals surface area contributed by atoms with E-state index in [1.165, 1.54) is 22.2 Å². The molecule has 1 N–H and O–H groups in total. The number of thiophene rings is 2. The summed E-state index contributed by atoms with van der Waals surface area (Å²) in [5, 5.41) is 7.49. The molecule has 0 unspecified atom stereocenters. The van der Waals surface area contributed by atoms with E-state index in [0.717, 1.165) is 23.3 Å². The van der Waals surface area contributed by atoms with Gasteiger partial charge in [-0.2, -0.15) is 0 Å². The number of aromatic nitrogens is 2. The highest BCUT2D eigenvalue weighted by atomic mass is 32.1. The van der Waals surface area contributed by atoms with Gasteiger partial charge in [0.15, 0.2) is 0 Å². The van der Waals surface area contributed by atoms with Gasteiger partial charge in [0.2, 0.25) is 5.91 Å². The first-order valence-electron chi connectivity index (χ1n) is 7.93. The summed E-state index contributed by atoms with van der Waals surface area (Å²) in [7, 11) is 0. The zero-order chi connectivity index (χ0) is 17.1. The van der Waals surface area contributed by atoms with Crippen molar-refractivity contribution in [3.05, 3.63) is 39.6 Å². The molecular formula is C17H19N3O2S2. The highest BCUT2D eigenvalue weighted by Crippen LogP contribution is 2.33. The minimum Gasteiger partial charge on any atom is -0.352 e. The van der Waals surface area contributed by atoms with Crippen LogP contribution in [0.25, 0.3) is 20.7 Å². The van der Waals surface area contributed by atoms with E-state index in [2.05, 4.69) is 10.3 Å². The van der Waals surface area contributed by atoms with Crippen LogP contribution >= 0.6 is 22.7 Å². The standard InChI is InChI=1S/C17H19N3O2S2/c1-3-11(4-2)19-14(21)8-20-10-18-16-15(17(20)22)12(9-24-16)13-6-5-7-23-13/h5-7,9-11H,3-4,8H2,1-2H3,(H,19,21). The molecule has 3 heterocycles. The van der Waals surface area contributed by atoms with Crippen molar-refractivity contribution in [2.75, 3.05) is 0 Å². The Morgan fingerprint density at radius 2 is 2.12 bits per heavy atom. The van der Waals surface area contributed by atoms with Crippen LogP contribution in [0.3, 0.4) is 0 Å². The Hall–Kier alpha value is -1.99. The molecular weight excluding hydrogens is 342 g/mol. The molecule has 1 amide bonds. The van der Waals surface area contributed by atoms with Gasteiger partial charge in [0.25, 0.3) is 5.56 Å². The average Bonchev–Trinajstić information content (AvgIpc) is 3.24. The summed E-state index contributed by atoms with van der Waals surface area (Å²) in [6.45, 7) is 4.07. The summed E-state index contributed by atoms with van der Waals surface area (Å²) < 4.78 is 1.39. The first kappa shape index (κ1) is 16.9. The van der Waals surface area contributed by atoms with Crippen LogP contribution in [0.4, 0.5) is 0 Å². The number of hydrogen-bond donors (Lipinski definition) is 1. The third-order valence-corrected chi connectivity index (χ3v) is 5.80. The predicted octanol–water partition coefficient (Wildman–Crippen LogP) is 3.49. The number of hydrogen-bond acceptors (Lipinski definition) is 5. The van der Waals surface area contributed by atoms with Crippen LogP contribution in [0.5, 0.6) is 0 Å². The Kier molecular flexibility index (Phi) is 5.11. The fourth-order valence-corrected chi connectivity index (χ4v) is 4.34. The fourth-order valence-electron chi connectivity index (χ4n) is 2.61. The number of amides is 1. The number of nitrogens with one attached hydrogen (secondary N) is 1. The maximum absolute atomic E-state index is 12.8. The highest BCUT2D eigenvalue weighted by Gasteiger charge is 2.16. The molecule has 3 aromatic rings. The SMILES string of the molecule is CCC(CC)NC(=O)Cn1cnc2scc(-c3cccs3)c2c1=O. The summed E-state index contributed by atoms with van der Waals surface area (Å²) in [6.07, 6.45) is 3.22. The molecule has 3 rings (SSSR count). The number of carbonyl (C=O) groups excluding carboxylic acids is 1. The van der Waals surface area contributed by atoms with E-state index in [-0.39, 0.29) is 24.1 Å². The largest absolute Gasteiger partial charge is 0.352 e. The van der Waals surface area contributed by atoms with Gasteiger partial charge in [-0.3, -0.25) is 14.2 Å². The minimum absolute atomic E-state index is 0.00198. The van der Waals surface area contributed by atoms with Crippen LogP contribution in [0.1, 0.15) is 26.7 Å². The van der Waals surface area contributed by atoms with Gasteiger partial charge >= 0.3 is 0 Å². The van der Waals surface area contributed by atoms with Crippen LogP contribution in [0, 0.1) is 0 Å². The molecule has 0 aliphatic rings. The van der Waals surface area contributed by atoms with Crippen molar-refractivity contribution in [1.29, 1.82) is 0 Å². The van der Waals surface area contributed by atoms with Crippen molar-refractivity contribution in [3.8, 4) is 10.4 Å². The zero-order valence-electron chi connectivity index (χ0n) is 13.6. The Bertz CT molecular complexity index is 892. The van der Waals surface area contributed by atoms with E-state index < -0.39 is 0 Å². The third kappa shape index (κ3) is 3.27. The normalized spacial score (nSPS) is 11.3. The third-order valence-electron chi connectivity index (χ3n) is 4.01. The molecule has 0 aliphatic heterocycles. The fraction of sp³-hybridized carbons (Fsp3) is 0.353. The van der Waals surface area contributed by atoms with Crippen LogP contribution in [-0.2, 0) is 11.3 Å². The van der Waals surface area contributed by atoms with E-state index in [1.807, 2.05) is 36.7 Å². The lowest BCUT2D eigenvalue weighted by molar-refractivity contribution is -0.122. The molecule has 5 nitrogen and oxygen atoms in total. The lowest BCUT2D eigenvalue weighted by Crippen LogP contribution is -2.38. The van der Waals surface area contributed by atoms with Gasteiger partial charge in [0, 0.05) is 21.9 Å². The Balaban J connectivity index is 1.93. The van der Waals surface area contributed by atoms with E-state index in [0.29, 0.717) is 10.2 Å². The van der Waals surface area contributed by atoms with Crippen LogP contribution in [-0.4, -0.2) is 21.5 Å². The topological polar surface area (TPSA) is 64.0 Å². The summed E-state index contributed by atoms with van der Waals surface area (Å²) >= 11 is 3.04. The number of fused-ring (bicyclic) bond motifs is 1. The number of nitrogens with zero attached hydrogens (tertiary/aromatic N) is 2. The van der Waals surface area contributed by atoms with Gasteiger partial charge in [0.1, 0.15) is 11.4 Å². The zero-order valence-corrected chi connectivity index (χ0v) is 15.2. The molecule has 0 bridgehead atoms. The molecule has 0 radical (unpaired) electrons. The second kappa shape index (κ2) is 7.27. The Morgan fingerprint density at radius 3 is 2.79 bits per heavy atom. The van der Waals surface area contributed by atoms with Crippen LogP contribution in [0.15, 0.2) is 34.0 Å². The first-order chi connectivity index (χ1) is 11.6. The molecule has 0 fully saturated rings. The minimum atomic E-state index is -0.163. The van der Waals surface area contributed by atoms with Crippen molar-refractivity contribution in [1.82, 2.24) is 14.9 Å². The maximum atomic E-state index is 12.8. The quantitative estimate of drug-likeness (QED) is 0.731. The molecule has 0 atom stereocenters. The number of rotatable bonds is 6. The van der Waals surface area contributed by atoms with Crippen molar-refractivity contribution in [2.45, 2.75) is 39.3 Å². The van der Waals surface area contributed by atoms with Crippen LogP contribution < -0.4 is 10.9 Å². The molecule has 7 heteroatoms. The first-order valence-corrected chi connectivity index (χ1v) is 9.69. The Morgan fingerprint density at radius 1 is 1.33 bits per heavy atom. The second-order valence-electron chi connectivity index (χ2n) is 5.57.